The van der Waals surface area contributed by atoms with Crippen LogP contribution < -0.4 is 16.8 Å². The number of rotatable bonds is 9. The lowest BCUT2D eigenvalue weighted by molar-refractivity contribution is -0.110. The molecule has 6 N–H and O–H groups in total. The number of anilines is 1. The average Bonchev–Trinajstić information content (AvgIpc) is 3.18. The number of piperidine rings is 1. The van der Waals surface area contributed by atoms with Crippen molar-refractivity contribution in [1.29, 1.82) is 0 Å². The Bertz CT molecular complexity index is 1010. The van der Waals surface area contributed by atoms with E-state index in [2.05, 4.69) is 33.4 Å². The highest BCUT2D eigenvalue weighted by Crippen LogP contribution is 2.33. The van der Waals surface area contributed by atoms with Crippen molar-refractivity contribution in [3.05, 3.63) is 59.0 Å². The van der Waals surface area contributed by atoms with Crippen LogP contribution in [0, 0.1) is 0 Å². The molecule has 1 fully saturated rings. The Labute approximate surface area is 191 Å². The number of carboxylic acid groups (broad SMARTS) is 1. The number of nitrogens with one attached hydrogen (secondary N) is 1. The van der Waals surface area contributed by atoms with Crippen molar-refractivity contribution in [2.75, 3.05) is 18.4 Å². The van der Waals surface area contributed by atoms with Crippen molar-refractivity contribution in [3.63, 3.8) is 0 Å². The third kappa shape index (κ3) is 6.17. The number of aromatic carboxylic acids is 1. The summed E-state index contributed by atoms with van der Waals surface area (Å²) in [5, 5.41) is 13.9. The third-order valence-corrected chi connectivity index (χ3v) is 5.73. The Morgan fingerprint density at radius 1 is 1.31 bits per heavy atom. The summed E-state index contributed by atoms with van der Waals surface area (Å²) in [6.07, 6.45) is 8.53. The summed E-state index contributed by atoms with van der Waals surface area (Å²) in [4.78, 5) is 35.3. The number of allylic oxidation sites excluding steroid dienone is 2. The van der Waals surface area contributed by atoms with E-state index in [4.69, 9.17) is 11.5 Å². The van der Waals surface area contributed by atoms with E-state index >= 15 is 0 Å². The maximum absolute atomic E-state index is 12.5. The molecule has 0 aromatic carbocycles. The molecule has 0 unspecified atom stereocenters. The lowest BCUT2D eigenvalue weighted by atomic mass is 10.1. The monoisotopic (exact) mass is 456 g/mol. The molecular weight excluding hydrogens is 428 g/mol. The van der Waals surface area contributed by atoms with Crippen LogP contribution in [0.3, 0.4) is 0 Å². The fourth-order valence-corrected chi connectivity index (χ4v) is 4.15. The van der Waals surface area contributed by atoms with E-state index in [0.717, 1.165) is 37.3 Å². The van der Waals surface area contributed by atoms with Gasteiger partial charge in [-0.25, -0.2) is 14.8 Å². The second kappa shape index (κ2) is 11.7. The molecule has 0 aliphatic carbocycles. The van der Waals surface area contributed by atoms with Gasteiger partial charge in [0.25, 0.3) is 5.91 Å². The number of nitrogens with two attached hydrogens (primary N) is 2. The minimum absolute atomic E-state index is 0.0130. The maximum Gasteiger partial charge on any atom is 0.339 e. The van der Waals surface area contributed by atoms with Gasteiger partial charge >= 0.3 is 5.97 Å². The summed E-state index contributed by atoms with van der Waals surface area (Å²) in [6.45, 7) is 11.0. The predicted molar refractivity (Wildman–Crippen MR) is 131 cm³/mol. The smallest absolute Gasteiger partial charge is 0.339 e. The molecule has 1 amide bonds. The van der Waals surface area contributed by atoms with Crippen LogP contribution in [-0.2, 0) is 4.79 Å². The molecule has 0 atom stereocenters. The van der Waals surface area contributed by atoms with Gasteiger partial charge in [-0.2, -0.15) is 0 Å². The topological polar surface area (TPSA) is 146 Å². The summed E-state index contributed by atoms with van der Waals surface area (Å²) >= 11 is 1.14. The Morgan fingerprint density at radius 2 is 2.00 bits per heavy atom. The summed E-state index contributed by atoms with van der Waals surface area (Å²) in [5.74, 6) is -1.23. The van der Waals surface area contributed by atoms with Crippen LogP contribution in [0.4, 0.5) is 5.69 Å². The van der Waals surface area contributed by atoms with E-state index in [9.17, 15) is 14.7 Å². The molecule has 32 heavy (non-hydrogen) atoms. The number of carboxylic acids is 1. The average molecular weight is 457 g/mol. The molecule has 2 rings (SSSR count). The number of carbonyl (C=O) groups excluding carboxylic acids is 1. The largest absolute Gasteiger partial charge is 0.478 e. The van der Waals surface area contributed by atoms with Gasteiger partial charge in [0.15, 0.2) is 0 Å². The van der Waals surface area contributed by atoms with Crippen molar-refractivity contribution < 1.29 is 14.7 Å². The molecule has 0 saturated carbocycles. The zero-order chi connectivity index (χ0) is 23.7. The fraction of sp³-hybridized carbons (Fsp3) is 0.273. The standard InChI is InChI=1S/C22H28N6O3S/c1-4-17(25-9-8-23)21(29)27-18-13-32-20(19(18)22(30)31)16(14(2)24)12-26-15(3)28-10-6-5-7-11-28/h4,8-9,12-13H,1,3,5-7,10-11,23-24H2,2H3,(H,27,29)(H,30,31)/b9-8-,16-14+,25-17+,26-12-. The molecule has 0 spiro atoms. The van der Waals surface area contributed by atoms with Gasteiger partial charge in [0.1, 0.15) is 17.1 Å². The zero-order valence-electron chi connectivity index (χ0n) is 18.0. The molecule has 10 heteroatoms. The fourth-order valence-electron chi connectivity index (χ4n) is 3.09. The minimum Gasteiger partial charge on any atom is -0.478 e. The minimum atomic E-state index is -1.21. The van der Waals surface area contributed by atoms with Gasteiger partial charge in [0.05, 0.1) is 10.6 Å². The molecule has 2 heterocycles. The summed E-state index contributed by atoms with van der Waals surface area (Å²) in [7, 11) is 0. The molecule has 170 valence electrons. The molecule has 1 aliphatic rings. The highest BCUT2D eigenvalue weighted by molar-refractivity contribution is 7.12. The summed E-state index contributed by atoms with van der Waals surface area (Å²) in [6, 6.07) is 0. The summed E-state index contributed by atoms with van der Waals surface area (Å²) < 4.78 is 0. The van der Waals surface area contributed by atoms with Crippen LogP contribution in [-0.4, -0.2) is 46.9 Å². The van der Waals surface area contributed by atoms with Crippen LogP contribution >= 0.6 is 11.3 Å². The van der Waals surface area contributed by atoms with Crippen LogP contribution in [0.15, 0.2) is 58.5 Å². The number of carbonyl (C=O) groups is 2. The first-order chi connectivity index (χ1) is 15.3. The van der Waals surface area contributed by atoms with E-state index in [1.165, 1.54) is 36.5 Å². The van der Waals surface area contributed by atoms with Gasteiger partial charge in [-0.3, -0.25) is 4.79 Å². The van der Waals surface area contributed by atoms with E-state index < -0.39 is 11.9 Å². The number of aliphatic imine (C=N–C) groups is 2. The number of hydrogen-bond acceptors (Lipinski definition) is 8. The first kappa shape index (κ1) is 24.6. The Kier molecular flexibility index (Phi) is 8.96. The van der Waals surface area contributed by atoms with Gasteiger partial charge < -0.3 is 26.8 Å². The van der Waals surface area contributed by atoms with Crippen molar-refractivity contribution in [2.45, 2.75) is 26.2 Å². The molecule has 1 saturated heterocycles. The van der Waals surface area contributed by atoms with Crippen molar-refractivity contribution in [3.8, 4) is 0 Å². The second-order valence-electron chi connectivity index (χ2n) is 6.99. The van der Waals surface area contributed by atoms with Gasteiger partial charge in [-0.05, 0) is 32.3 Å². The highest BCUT2D eigenvalue weighted by atomic mass is 32.1. The summed E-state index contributed by atoms with van der Waals surface area (Å²) in [5.41, 5.74) is 12.2. The van der Waals surface area contributed by atoms with Crippen LogP contribution in [0.5, 0.6) is 0 Å². The molecule has 0 bridgehead atoms. The molecule has 1 aliphatic heterocycles. The van der Waals surface area contributed by atoms with Crippen LogP contribution in [0.1, 0.15) is 41.4 Å². The third-order valence-electron chi connectivity index (χ3n) is 4.71. The van der Waals surface area contributed by atoms with E-state index in [1.807, 2.05) is 0 Å². The molecule has 0 radical (unpaired) electrons. The predicted octanol–water partition coefficient (Wildman–Crippen LogP) is 3.16. The maximum atomic E-state index is 12.5. The van der Waals surface area contributed by atoms with Crippen molar-refractivity contribution >= 4 is 46.4 Å². The van der Waals surface area contributed by atoms with Gasteiger partial charge in [-0.1, -0.05) is 13.2 Å². The molecule has 1 aromatic heterocycles. The highest BCUT2D eigenvalue weighted by Gasteiger charge is 2.23. The van der Waals surface area contributed by atoms with Crippen molar-refractivity contribution in [2.24, 2.45) is 21.5 Å². The molecule has 9 nitrogen and oxygen atoms in total. The Balaban J connectivity index is 2.35. The zero-order valence-corrected chi connectivity index (χ0v) is 18.8. The lowest BCUT2D eigenvalue weighted by Crippen LogP contribution is -2.27. The Morgan fingerprint density at radius 3 is 2.56 bits per heavy atom. The number of thiophene rings is 1. The number of hydrogen-bond donors (Lipinski definition) is 4. The van der Waals surface area contributed by atoms with E-state index in [0.29, 0.717) is 22.0 Å². The number of nitrogens with zero attached hydrogens (tertiary/aromatic N) is 3. The molecular formula is C22H28N6O3S. The lowest BCUT2D eigenvalue weighted by Gasteiger charge is -2.28. The van der Waals surface area contributed by atoms with Gasteiger partial charge in [0, 0.05) is 48.4 Å². The number of likely N-dealkylation sites (tertiary alicyclic amines) is 1. The van der Waals surface area contributed by atoms with Gasteiger partial charge in [0.2, 0.25) is 0 Å². The number of amides is 1. The normalized spacial score (nSPS) is 15.7. The SMILES string of the molecule is C=C/C(=N\C=C/N)C(=O)Nc1csc(C(/C=N\C(=C)N2CCCCC2)=C(\C)N)c1C(=O)O. The molecule has 1 aromatic rings. The van der Waals surface area contributed by atoms with Crippen LogP contribution in [0.25, 0.3) is 5.57 Å². The van der Waals surface area contributed by atoms with Crippen LogP contribution in [0.2, 0.25) is 0 Å². The first-order valence-electron chi connectivity index (χ1n) is 9.97. The second-order valence-corrected chi connectivity index (χ2v) is 7.87. The van der Waals surface area contributed by atoms with E-state index in [1.54, 1.807) is 6.92 Å². The first-order valence-corrected chi connectivity index (χ1v) is 10.9. The Hall–Kier alpha value is -3.66. The van der Waals surface area contributed by atoms with Gasteiger partial charge in [-0.15, -0.1) is 11.3 Å². The van der Waals surface area contributed by atoms with E-state index in [-0.39, 0.29) is 17.0 Å². The quantitative estimate of drug-likeness (QED) is 0.420. The van der Waals surface area contributed by atoms with Crippen molar-refractivity contribution in [1.82, 2.24) is 4.90 Å².